The zero-order valence-corrected chi connectivity index (χ0v) is 12.1. The molecule has 1 aromatic carbocycles. The number of carbonyl (C=O) groups is 1. The summed E-state index contributed by atoms with van der Waals surface area (Å²) in [4.78, 5) is 18.2. The quantitative estimate of drug-likeness (QED) is 0.864. The molecule has 2 aromatic rings. The summed E-state index contributed by atoms with van der Waals surface area (Å²) in [5.41, 5.74) is 6.22. The summed E-state index contributed by atoms with van der Waals surface area (Å²) >= 11 is 0. The van der Waals surface area contributed by atoms with Crippen LogP contribution in [-0.2, 0) is 4.84 Å². The van der Waals surface area contributed by atoms with Crippen molar-refractivity contribution in [3.05, 3.63) is 40.7 Å². The van der Waals surface area contributed by atoms with Crippen LogP contribution in [0.5, 0.6) is 0 Å². The third kappa shape index (κ3) is 2.85. The van der Waals surface area contributed by atoms with Crippen molar-refractivity contribution in [1.29, 1.82) is 0 Å². The van der Waals surface area contributed by atoms with Crippen molar-refractivity contribution in [2.24, 2.45) is 0 Å². The van der Waals surface area contributed by atoms with Crippen LogP contribution in [0.1, 0.15) is 34.2 Å². The minimum Gasteiger partial charge on any atom is -0.274 e. The third-order valence-electron chi connectivity index (χ3n) is 2.87. The van der Waals surface area contributed by atoms with E-state index >= 15 is 0 Å². The fourth-order valence-electron chi connectivity index (χ4n) is 1.91. The number of amides is 1. The Morgan fingerprint density at radius 3 is 2.70 bits per heavy atom. The summed E-state index contributed by atoms with van der Waals surface area (Å²) in [5, 5.41) is 8.53. The van der Waals surface area contributed by atoms with Crippen molar-refractivity contribution in [2.45, 2.75) is 27.7 Å². The number of nitrogens with one attached hydrogen (secondary N) is 1. The SMILES string of the molecule is CCONC(=O)c1nn(-c2ccc(C)cc2C)nc1C. The molecule has 0 aliphatic heterocycles. The standard InChI is InChI=1S/C14H18N4O2/c1-5-20-17-14(19)13-11(4)15-18(16-13)12-7-6-9(2)8-10(12)3/h6-8H,5H2,1-4H3,(H,17,19). The van der Waals surface area contributed by atoms with Gasteiger partial charge in [-0.05, 0) is 39.3 Å². The molecular weight excluding hydrogens is 256 g/mol. The maximum atomic E-state index is 11.9. The van der Waals surface area contributed by atoms with Gasteiger partial charge in [0.05, 0.1) is 18.0 Å². The van der Waals surface area contributed by atoms with Gasteiger partial charge < -0.3 is 0 Å². The van der Waals surface area contributed by atoms with Crippen LogP contribution in [0, 0.1) is 20.8 Å². The second-order valence-corrected chi connectivity index (χ2v) is 4.58. The molecule has 1 aromatic heterocycles. The predicted molar refractivity (Wildman–Crippen MR) is 74.7 cm³/mol. The van der Waals surface area contributed by atoms with Gasteiger partial charge in [-0.25, -0.2) is 5.48 Å². The van der Waals surface area contributed by atoms with Gasteiger partial charge in [0.25, 0.3) is 5.91 Å². The third-order valence-corrected chi connectivity index (χ3v) is 2.87. The first-order valence-corrected chi connectivity index (χ1v) is 6.46. The first-order chi connectivity index (χ1) is 9.52. The van der Waals surface area contributed by atoms with Crippen molar-refractivity contribution in [3.8, 4) is 5.69 Å². The van der Waals surface area contributed by atoms with Crippen molar-refractivity contribution in [3.63, 3.8) is 0 Å². The normalized spacial score (nSPS) is 10.6. The molecule has 6 nitrogen and oxygen atoms in total. The summed E-state index contributed by atoms with van der Waals surface area (Å²) in [7, 11) is 0. The molecule has 2 rings (SSSR count). The highest BCUT2D eigenvalue weighted by molar-refractivity contribution is 5.92. The van der Waals surface area contributed by atoms with Crippen LogP contribution >= 0.6 is 0 Å². The van der Waals surface area contributed by atoms with Crippen LogP contribution < -0.4 is 5.48 Å². The number of nitrogens with zero attached hydrogens (tertiary/aromatic N) is 3. The van der Waals surface area contributed by atoms with E-state index in [1.165, 1.54) is 10.4 Å². The molecule has 1 heterocycles. The lowest BCUT2D eigenvalue weighted by Crippen LogP contribution is -2.24. The van der Waals surface area contributed by atoms with E-state index in [1.54, 1.807) is 13.8 Å². The molecular formula is C14H18N4O2. The van der Waals surface area contributed by atoms with Gasteiger partial charge in [0.15, 0.2) is 5.69 Å². The Labute approximate surface area is 117 Å². The number of benzene rings is 1. The second kappa shape index (κ2) is 5.83. The molecule has 0 aliphatic carbocycles. The maximum Gasteiger partial charge on any atom is 0.297 e. The molecule has 1 N–H and O–H groups in total. The van der Waals surface area contributed by atoms with Crippen LogP contribution in [0.3, 0.4) is 0 Å². The van der Waals surface area contributed by atoms with E-state index in [0.717, 1.165) is 11.3 Å². The molecule has 6 heteroatoms. The Balaban J connectivity index is 2.33. The van der Waals surface area contributed by atoms with Gasteiger partial charge in [0, 0.05) is 0 Å². The lowest BCUT2D eigenvalue weighted by molar-refractivity contribution is 0.0359. The number of rotatable bonds is 4. The summed E-state index contributed by atoms with van der Waals surface area (Å²) < 4.78 is 0. The summed E-state index contributed by atoms with van der Waals surface area (Å²) in [5.74, 6) is -0.389. The lowest BCUT2D eigenvalue weighted by atomic mass is 10.1. The molecule has 20 heavy (non-hydrogen) atoms. The Bertz CT molecular complexity index is 634. The van der Waals surface area contributed by atoms with Crippen molar-refractivity contribution < 1.29 is 9.63 Å². The fourth-order valence-corrected chi connectivity index (χ4v) is 1.91. The van der Waals surface area contributed by atoms with Crippen LogP contribution in [0.2, 0.25) is 0 Å². The average molecular weight is 274 g/mol. The largest absolute Gasteiger partial charge is 0.297 e. The molecule has 0 bridgehead atoms. The first kappa shape index (κ1) is 14.2. The van der Waals surface area contributed by atoms with Gasteiger partial charge in [-0.1, -0.05) is 17.7 Å². The highest BCUT2D eigenvalue weighted by Crippen LogP contribution is 2.15. The van der Waals surface area contributed by atoms with Gasteiger partial charge in [0.2, 0.25) is 0 Å². The molecule has 0 unspecified atom stereocenters. The zero-order chi connectivity index (χ0) is 14.7. The Hall–Kier alpha value is -2.21. The summed E-state index contributed by atoms with van der Waals surface area (Å²) in [6, 6.07) is 5.98. The molecule has 0 spiro atoms. The van der Waals surface area contributed by atoms with Gasteiger partial charge in [-0.3, -0.25) is 9.63 Å². The van der Waals surface area contributed by atoms with E-state index in [4.69, 9.17) is 4.84 Å². The molecule has 0 aliphatic rings. The van der Waals surface area contributed by atoms with E-state index in [2.05, 4.69) is 15.7 Å². The molecule has 0 saturated heterocycles. The summed E-state index contributed by atoms with van der Waals surface area (Å²) in [6.07, 6.45) is 0. The van der Waals surface area contributed by atoms with E-state index in [9.17, 15) is 4.79 Å². The number of hydroxylamine groups is 1. The van der Waals surface area contributed by atoms with Crippen LogP contribution in [-0.4, -0.2) is 27.5 Å². The number of carbonyl (C=O) groups excluding carboxylic acids is 1. The highest BCUT2D eigenvalue weighted by atomic mass is 16.6. The Morgan fingerprint density at radius 2 is 2.05 bits per heavy atom. The molecule has 0 fully saturated rings. The number of hydrogen-bond donors (Lipinski definition) is 1. The number of aryl methyl sites for hydroxylation is 3. The van der Waals surface area contributed by atoms with Gasteiger partial charge in [-0.2, -0.15) is 9.90 Å². The molecule has 0 radical (unpaired) electrons. The van der Waals surface area contributed by atoms with E-state index in [1.807, 2.05) is 32.0 Å². The molecule has 106 valence electrons. The van der Waals surface area contributed by atoms with E-state index in [-0.39, 0.29) is 11.6 Å². The summed E-state index contributed by atoms with van der Waals surface area (Å²) in [6.45, 7) is 7.95. The molecule has 1 amide bonds. The Kier molecular flexibility index (Phi) is 4.14. The minimum atomic E-state index is -0.389. The lowest BCUT2D eigenvalue weighted by Gasteiger charge is -2.05. The fraction of sp³-hybridized carbons (Fsp3) is 0.357. The Morgan fingerprint density at radius 1 is 1.30 bits per heavy atom. The van der Waals surface area contributed by atoms with Gasteiger partial charge in [0.1, 0.15) is 0 Å². The van der Waals surface area contributed by atoms with Gasteiger partial charge >= 0.3 is 0 Å². The topological polar surface area (TPSA) is 69.0 Å². The van der Waals surface area contributed by atoms with Crippen molar-refractivity contribution in [1.82, 2.24) is 20.5 Å². The van der Waals surface area contributed by atoms with Crippen molar-refractivity contribution >= 4 is 5.91 Å². The number of hydrogen-bond acceptors (Lipinski definition) is 4. The van der Waals surface area contributed by atoms with Crippen molar-refractivity contribution in [2.75, 3.05) is 6.61 Å². The maximum absolute atomic E-state index is 11.9. The van der Waals surface area contributed by atoms with E-state index < -0.39 is 0 Å². The van der Waals surface area contributed by atoms with Crippen LogP contribution in [0.4, 0.5) is 0 Å². The first-order valence-electron chi connectivity index (χ1n) is 6.46. The number of aromatic nitrogens is 3. The van der Waals surface area contributed by atoms with Crippen LogP contribution in [0.15, 0.2) is 18.2 Å². The van der Waals surface area contributed by atoms with E-state index in [0.29, 0.717) is 12.3 Å². The zero-order valence-electron chi connectivity index (χ0n) is 12.1. The molecule has 0 atom stereocenters. The predicted octanol–water partition coefficient (Wildman–Crippen LogP) is 1.87. The smallest absolute Gasteiger partial charge is 0.274 e. The highest BCUT2D eigenvalue weighted by Gasteiger charge is 2.17. The average Bonchev–Trinajstić information content (AvgIpc) is 2.78. The second-order valence-electron chi connectivity index (χ2n) is 4.58. The molecule has 0 saturated carbocycles. The monoisotopic (exact) mass is 274 g/mol. The van der Waals surface area contributed by atoms with Crippen LogP contribution in [0.25, 0.3) is 5.69 Å². The van der Waals surface area contributed by atoms with Gasteiger partial charge in [-0.15, -0.1) is 5.10 Å². The minimum absolute atomic E-state index is 0.262.